The van der Waals surface area contributed by atoms with Crippen molar-refractivity contribution in [1.29, 1.82) is 0 Å². The lowest BCUT2D eigenvalue weighted by Crippen LogP contribution is -2.16. The van der Waals surface area contributed by atoms with E-state index >= 15 is 0 Å². The van der Waals surface area contributed by atoms with Crippen LogP contribution in [0.1, 0.15) is 36.8 Å². The third-order valence-corrected chi connectivity index (χ3v) is 3.76. The van der Waals surface area contributed by atoms with E-state index in [1.165, 1.54) is 0 Å². The Balaban J connectivity index is 2.54. The predicted molar refractivity (Wildman–Crippen MR) is 74.0 cm³/mol. The monoisotopic (exact) mass is 262 g/mol. The van der Waals surface area contributed by atoms with Gasteiger partial charge < -0.3 is 10.2 Å². The van der Waals surface area contributed by atoms with Crippen LogP contribution in [0.5, 0.6) is 11.5 Å². The van der Waals surface area contributed by atoms with Crippen LogP contribution in [0.4, 0.5) is 4.39 Å². The first-order chi connectivity index (χ1) is 8.90. The highest BCUT2D eigenvalue weighted by atomic mass is 19.1. The van der Waals surface area contributed by atoms with Crippen LogP contribution < -0.4 is 0 Å². The second kappa shape index (κ2) is 5.08. The van der Waals surface area contributed by atoms with Gasteiger partial charge in [-0.3, -0.25) is 0 Å². The number of hydrogen-bond acceptors (Lipinski definition) is 2. The van der Waals surface area contributed by atoms with Crippen LogP contribution in [0.25, 0.3) is 0 Å². The fourth-order valence-corrected chi connectivity index (χ4v) is 2.81. The van der Waals surface area contributed by atoms with Gasteiger partial charge in [0, 0.05) is 17.4 Å². The quantitative estimate of drug-likeness (QED) is 0.779. The SMILES string of the molecule is C=C(F)[C@@H]1CCC(C)=CC1c1c(O)cc(C)cc1O. The van der Waals surface area contributed by atoms with E-state index < -0.39 is 5.83 Å². The first kappa shape index (κ1) is 13.7. The number of rotatable bonds is 2. The molecular weight excluding hydrogens is 243 g/mol. The van der Waals surface area contributed by atoms with Gasteiger partial charge in [0.1, 0.15) is 11.5 Å². The fourth-order valence-electron chi connectivity index (χ4n) is 2.81. The molecule has 0 aromatic heterocycles. The highest BCUT2D eigenvalue weighted by Gasteiger charge is 2.31. The molecule has 2 rings (SSSR count). The van der Waals surface area contributed by atoms with Gasteiger partial charge in [-0.15, -0.1) is 0 Å². The first-order valence-electron chi connectivity index (χ1n) is 6.44. The smallest absolute Gasteiger partial charge is 0.123 e. The maximum atomic E-state index is 13.6. The van der Waals surface area contributed by atoms with E-state index in [1.54, 1.807) is 19.1 Å². The standard InChI is InChI=1S/C16H19FO2/c1-9-4-5-12(11(3)17)13(6-9)16-14(18)7-10(2)8-15(16)19/h6-8,12-13,18-19H,3-5H2,1-2H3/t12-,13?/m0/s1. The van der Waals surface area contributed by atoms with Crippen molar-refractivity contribution >= 4 is 0 Å². The molecule has 2 atom stereocenters. The van der Waals surface area contributed by atoms with E-state index in [2.05, 4.69) is 6.58 Å². The summed E-state index contributed by atoms with van der Waals surface area (Å²) in [4.78, 5) is 0. The number of hydrogen-bond donors (Lipinski definition) is 2. The number of benzene rings is 1. The molecule has 2 N–H and O–H groups in total. The summed E-state index contributed by atoms with van der Waals surface area (Å²) >= 11 is 0. The lowest BCUT2D eigenvalue weighted by atomic mass is 9.76. The van der Waals surface area contributed by atoms with Crippen molar-refractivity contribution in [1.82, 2.24) is 0 Å². The number of halogens is 1. The van der Waals surface area contributed by atoms with Crippen molar-refractivity contribution in [3.63, 3.8) is 0 Å². The Bertz CT molecular complexity index is 523. The molecule has 1 aliphatic carbocycles. The maximum absolute atomic E-state index is 13.6. The third kappa shape index (κ3) is 2.65. The Morgan fingerprint density at radius 2 is 1.84 bits per heavy atom. The number of phenols is 2. The van der Waals surface area contributed by atoms with E-state index in [0.29, 0.717) is 12.0 Å². The minimum absolute atomic E-state index is 0.0136. The second-order valence-electron chi connectivity index (χ2n) is 5.35. The molecular formula is C16H19FO2. The number of aromatic hydroxyl groups is 2. The third-order valence-electron chi connectivity index (χ3n) is 3.76. The van der Waals surface area contributed by atoms with Crippen molar-refractivity contribution in [2.24, 2.45) is 5.92 Å². The molecule has 0 saturated heterocycles. The molecule has 0 heterocycles. The zero-order valence-electron chi connectivity index (χ0n) is 11.3. The Hall–Kier alpha value is -1.77. The zero-order valence-corrected chi connectivity index (χ0v) is 11.3. The van der Waals surface area contributed by atoms with E-state index in [0.717, 1.165) is 17.6 Å². The van der Waals surface area contributed by atoms with Crippen molar-refractivity contribution in [2.75, 3.05) is 0 Å². The molecule has 0 radical (unpaired) electrons. The average Bonchev–Trinajstić information content (AvgIpc) is 2.27. The molecule has 0 amide bonds. The van der Waals surface area contributed by atoms with Gasteiger partial charge in [-0.05, 0) is 44.4 Å². The molecule has 1 aliphatic rings. The highest BCUT2D eigenvalue weighted by molar-refractivity contribution is 5.51. The van der Waals surface area contributed by atoms with Crippen LogP contribution in [0.15, 0.2) is 36.2 Å². The molecule has 102 valence electrons. The molecule has 3 heteroatoms. The minimum Gasteiger partial charge on any atom is -0.507 e. The fraction of sp³-hybridized carbons (Fsp3) is 0.375. The molecule has 0 aliphatic heterocycles. The average molecular weight is 262 g/mol. The Labute approximate surface area is 112 Å². The van der Waals surface area contributed by atoms with Crippen molar-refractivity contribution in [2.45, 2.75) is 32.6 Å². The Kier molecular flexibility index (Phi) is 3.65. The van der Waals surface area contributed by atoms with Crippen LogP contribution in [0, 0.1) is 12.8 Å². The Morgan fingerprint density at radius 3 is 2.37 bits per heavy atom. The van der Waals surface area contributed by atoms with Crippen molar-refractivity contribution < 1.29 is 14.6 Å². The summed E-state index contributed by atoms with van der Waals surface area (Å²) in [6, 6.07) is 3.18. The molecule has 1 aromatic rings. The van der Waals surface area contributed by atoms with E-state index in [4.69, 9.17) is 0 Å². The molecule has 1 aromatic carbocycles. The molecule has 0 bridgehead atoms. The lowest BCUT2D eigenvalue weighted by molar-refractivity contribution is 0.371. The molecule has 0 spiro atoms. The minimum atomic E-state index is -0.395. The molecule has 0 fully saturated rings. The summed E-state index contributed by atoms with van der Waals surface area (Å²) in [6.07, 6.45) is 3.38. The van der Waals surface area contributed by atoms with E-state index in [9.17, 15) is 14.6 Å². The van der Waals surface area contributed by atoms with Crippen LogP contribution in [-0.4, -0.2) is 10.2 Å². The summed E-state index contributed by atoms with van der Waals surface area (Å²) in [7, 11) is 0. The Morgan fingerprint density at radius 1 is 1.26 bits per heavy atom. The van der Waals surface area contributed by atoms with Gasteiger partial charge >= 0.3 is 0 Å². The second-order valence-corrected chi connectivity index (χ2v) is 5.35. The summed E-state index contributed by atoms with van der Waals surface area (Å²) in [5, 5.41) is 20.1. The normalized spacial score (nSPS) is 23.0. The van der Waals surface area contributed by atoms with Gasteiger partial charge in [0.2, 0.25) is 0 Å². The highest BCUT2D eigenvalue weighted by Crippen LogP contribution is 2.46. The summed E-state index contributed by atoms with van der Waals surface area (Å²) in [5.41, 5.74) is 2.31. The van der Waals surface area contributed by atoms with Crippen LogP contribution >= 0.6 is 0 Å². The van der Waals surface area contributed by atoms with Crippen molar-refractivity contribution in [3.8, 4) is 11.5 Å². The van der Waals surface area contributed by atoms with Crippen molar-refractivity contribution in [3.05, 3.63) is 47.3 Å². The summed E-state index contributed by atoms with van der Waals surface area (Å²) < 4.78 is 13.6. The van der Waals surface area contributed by atoms with Gasteiger partial charge in [-0.1, -0.05) is 18.2 Å². The lowest BCUT2D eigenvalue weighted by Gasteiger charge is -2.29. The van der Waals surface area contributed by atoms with E-state index in [-0.39, 0.29) is 23.3 Å². The zero-order chi connectivity index (χ0) is 14.2. The predicted octanol–water partition coefficient (Wildman–Crippen LogP) is 4.33. The molecule has 1 unspecified atom stereocenters. The molecule has 19 heavy (non-hydrogen) atoms. The molecule has 0 saturated carbocycles. The summed E-state index contributed by atoms with van der Waals surface area (Å²) in [6.45, 7) is 7.16. The summed E-state index contributed by atoms with van der Waals surface area (Å²) in [5.74, 6) is -1.11. The molecule has 2 nitrogen and oxygen atoms in total. The van der Waals surface area contributed by atoms with Gasteiger partial charge in [0.25, 0.3) is 0 Å². The largest absolute Gasteiger partial charge is 0.507 e. The van der Waals surface area contributed by atoms with Gasteiger partial charge in [-0.25, -0.2) is 4.39 Å². The maximum Gasteiger partial charge on any atom is 0.123 e. The number of allylic oxidation sites excluding steroid dienone is 3. The van der Waals surface area contributed by atoms with Crippen LogP contribution in [-0.2, 0) is 0 Å². The first-order valence-corrected chi connectivity index (χ1v) is 6.44. The van der Waals surface area contributed by atoms with Crippen LogP contribution in [0.2, 0.25) is 0 Å². The topological polar surface area (TPSA) is 40.5 Å². The van der Waals surface area contributed by atoms with Gasteiger partial charge in [0.05, 0.1) is 5.83 Å². The van der Waals surface area contributed by atoms with Gasteiger partial charge in [0.15, 0.2) is 0 Å². The number of phenolic OH excluding ortho intramolecular Hbond substituents is 2. The number of aryl methyl sites for hydroxylation is 1. The van der Waals surface area contributed by atoms with E-state index in [1.807, 2.05) is 13.0 Å². The van der Waals surface area contributed by atoms with Crippen LogP contribution in [0.3, 0.4) is 0 Å². The van der Waals surface area contributed by atoms with Gasteiger partial charge in [-0.2, -0.15) is 0 Å².